The molecule has 2 aliphatic heterocycles. The standard InChI is InChI=1S/C17H20N4O4S/c1-12-8-14(19-25-12)11-20-4-6-21(7-5-20)26(23,24)15-2-3-16-13(9-15)10-17(22)18-16/h2-3,8-9H,4-7,10-11H2,1H3,(H,18,22). The quantitative estimate of drug-likeness (QED) is 0.855. The van der Waals surface area contributed by atoms with Crippen LogP contribution in [0.4, 0.5) is 5.69 Å². The third-order valence-corrected chi connectivity index (χ3v) is 6.63. The summed E-state index contributed by atoms with van der Waals surface area (Å²) in [5.41, 5.74) is 2.28. The van der Waals surface area contributed by atoms with Gasteiger partial charge in [-0.15, -0.1) is 0 Å². The zero-order valence-electron chi connectivity index (χ0n) is 14.4. The summed E-state index contributed by atoms with van der Waals surface area (Å²) in [6.07, 6.45) is 0.226. The van der Waals surface area contributed by atoms with Gasteiger partial charge in [-0.25, -0.2) is 8.42 Å². The molecule has 0 saturated carbocycles. The minimum Gasteiger partial charge on any atom is -0.361 e. The predicted molar refractivity (Wildman–Crippen MR) is 94.1 cm³/mol. The summed E-state index contributed by atoms with van der Waals surface area (Å²) in [5, 5.41) is 6.70. The minimum atomic E-state index is -3.56. The van der Waals surface area contributed by atoms with Gasteiger partial charge in [0.15, 0.2) is 0 Å². The Morgan fingerprint density at radius 1 is 1.19 bits per heavy atom. The number of amides is 1. The fourth-order valence-corrected chi connectivity index (χ4v) is 4.84. The fourth-order valence-electron chi connectivity index (χ4n) is 3.36. The lowest BCUT2D eigenvalue weighted by Gasteiger charge is -2.33. The maximum atomic E-state index is 12.9. The maximum absolute atomic E-state index is 12.9. The van der Waals surface area contributed by atoms with Crippen LogP contribution >= 0.6 is 0 Å². The predicted octanol–water partition coefficient (Wildman–Crippen LogP) is 0.984. The SMILES string of the molecule is Cc1cc(CN2CCN(S(=O)(=O)c3ccc4c(c3)CC(=O)N4)CC2)no1. The summed E-state index contributed by atoms with van der Waals surface area (Å²) in [5.74, 6) is 0.664. The first kappa shape index (κ1) is 17.2. The van der Waals surface area contributed by atoms with E-state index in [0.29, 0.717) is 38.4 Å². The molecule has 1 fully saturated rings. The van der Waals surface area contributed by atoms with Gasteiger partial charge in [0, 0.05) is 44.5 Å². The fraction of sp³-hybridized carbons (Fsp3) is 0.412. The number of rotatable bonds is 4. The Bertz CT molecular complexity index is 945. The molecule has 1 amide bonds. The van der Waals surface area contributed by atoms with Crippen LogP contribution in [-0.4, -0.2) is 54.9 Å². The Balaban J connectivity index is 1.43. The largest absolute Gasteiger partial charge is 0.361 e. The normalized spacial score (nSPS) is 18.7. The summed E-state index contributed by atoms with van der Waals surface area (Å²) < 4.78 is 32.4. The highest BCUT2D eigenvalue weighted by Crippen LogP contribution is 2.27. The number of aryl methyl sites for hydroxylation is 1. The van der Waals surface area contributed by atoms with E-state index in [9.17, 15) is 13.2 Å². The Morgan fingerprint density at radius 2 is 1.96 bits per heavy atom. The molecule has 0 radical (unpaired) electrons. The molecule has 1 aromatic carbocycles. The summed E-state index contributed by atoms with van der Waals surface area (Å²) in [7, 11) is -3.56. The van der Waals surface area contributed by atoms with Gasteiger partial charge >= 0.3 is 0 Å². The Hall–Kier alpha value is -2.23. The number of hydrogen-bond acceptors (Lipinski definition) is 6. The van der Waals surface area contributed by atoms with E-state index in [1.54, 1.807) is 18.2 Å². The van der Waals surface area contributed by atoms with E-state index in [-0.39, 0.29) is 17.2 Å². The van der Waals surface area contributed by atoms with Crippen molar-refractivity contribution >= 4 is 21.6 Å². The molecule has 0 spiro atoms. The lowest BCUT2D eigenvalue weighted by molar-refractivity contribution is -0.115. The zero-order chi connectivity index (χ0) is 18.3. The monoisotopic (exact) mass is 376 g/mol. The van der Waals surface area contributed by atoms with E-state index >= 15 is 0 Å². The average molecular weight is 376 g/mol. The van der Waals surface area contributed by atoms with Crippen LogP contribution in [0.5, 0.6) is 0 Å². The van der Waals surface area contributed by atoms with Gasteiger partial charge in [-0.2, -0.15) is 4.31 Å². The van der Waals surface area contributed by atoms with Gasteiger partial charge in [-0.1, -0.05) is 5.16 Å². The van der Waals surface area contributed by atoms with E-state index in [0.717, 1.165) is 17.0 Å². The number of nitrogens with one attached hydrogen (secondary N) is 1. The molecule has 8 nitrogen and oxygen atoms in total. The number of carbonyl (C=O) groups is 1. The van der Waals surface area contributed by atoms with Crippen molar-refractivity contribution in [3.8, 4) is 0 Å². The number of aromatic nitrogens is 1. The third-order valence-electron chi connectivity index (χ3n) is 4.73. The molecule has 1 N–H and O–H groups in total. The molecule has 0 atom stereocenters. The van der Waals surface area contributed by atoms with Crippen LogP contribution in [0, 0.1) is 6.92 Å². The lowest BCUT2D eigenvalue weighted by atomic mass is 10.2. The van der Waals surface area contributed by atoms with Gasteiger partial charge in [-0.05, 0) is 30.7 Å². The van der Waals surface area contributed by atoms with Crippen molar-refractivity contribution in [3.05, 3.63) is 41.3 Å². The van der Waals surface area contributed by atoms with Crippen LogP contribution in [0.1, 0.15) is 17.0 Å². The molecule has 1 saturated heterocycles. The first-order valence-corrected chi connectivity index (χ1v) is 9.93. The maximum Gasteiger partial charge on any atom is 0.243 e. The number of benzene rings is 1. The number of piperazine rings is 1. The van der Waals surface area contributed by atoms with Crippen molar-refractivity contribution < 1.29 is 17.7 Å². The molecule has 4 rings (SSSR count). The summed E-state index contributed by atoms with van der Waals surface area (Å²) in [4.78, 5) is 13.9. The summed E-state index contributed by atoms with van der Waals surface area (Å²) >= 11 is 0. The van der Waals surface area contributed by atoms with E-state index in [2.05, 4.69) is 15.4 Å². The van der Waals surface area contributed by atoms with Crippen LogP contribution in [0.25, 0.3) is 0 Å². The van der Waals surface area contributed by atoms with Crippen molar-refractivity contribution in [2.75, 3.05) is 31.5 Å². The highest BCUT2D eigenvalue weighted by atomic mass is 32.2. The third kappa shape index (κ3) is 3.25. The van der Waals surface area contributed by atoms with Crippen LogP contribution in [-0.2, 0) is 27.8 Å². The number of fused-ring (bicyclic) bond motifs is 1. The highest BCUT2D eigenvalue weighted by Gasteiger charge is 2.30. The molecule has 1 aromatic heterocycles. The second kappa shape index (κ2) is 6.49. The van der Waals surface area contributed by atoms with Crippen LogP contribution in [0.15, 0.2) is 33.7 Å². The van der Waals surface area contributed by atoms with E-state index in [1.807, 2.05) is 13.0 Å². The molecule has 3 heterocycles. The van der Waals surface area contributed by atoms with Crippen molar-refractivity contribution in [3.63, 3.8) is 0 Å². The number of hydrogen-bond donors (Lipinski definition) is 1. The summed E-state index contributed by atoms with van der Waals surface area (Å²) in [6, 6.07) is 6.72. The van der Waals surface area contributed by atoms with Crippen molar-refractivity contribution in [1.29, 1.82) is 0 Å². The van der Waals surface area contributed by atoms with Gasteiger partial charge in [0.2, 0.25) is 15.9 Å². The van der Waals surface area contributed by atoms with Crippen molar-refractivity contribution in [2.24, 2.45) is 0 Å². The Morgan fingerprint density at radius 3 is 2.65 bits per heavy atom. The van der Waals surface area contributed by atoms with Crippen molar-refractivity contribution in [2.45, 2.75) is 24.8 Å². The topological polar surface area (TPSA) is 95.8 Å². The Kier molecular flexibility index (Phi) is 4.29. The molecular formula is C17H20N4O4S. The molecule has 0 aliphatic carbocycles. The number of carbonyl (C=O) groups excluding carboxylic acids is 1. The first-order valence-electron chi connectivity index (χ1n) is 8.49. The zero-order valence-corrected chi connectivity index (χ0v) is 15.3. The summed E-state index contributed by atoms with van der Waals surface area (Å²) in [6.45, 7) is 4.62. The average Bonchev–Trinajstić information content (AvgIpc) is 3.18. The molecule has 26 heavy (non-hydrogen) atoms. The first-order chi connectivity index (χ1) is 12.4. The molecule has 9 heteroatoms. The molecule has 138 valence electrons. The number of nitrogens with zero attached hydrogens (tertiary/aromatic N) is 3. The molecular weight excluding hydrogens is 356 g/mol. The van der Waals surface area contributed by atoms with Gasteiger partial charge in [0.1, 0.15) is 5.76 Å². The van der Waals surface area contributed by atoms with Crippen LogP contribution < -0.4 is 5.32 Å². The van der Waals surface area contributed by atoms with Gasteiger partial charge < -0.3 is 9.84 Å². The van der Waals surface area contributed by atoms with Gasteiger partial charge in [0.05, 0.1) is 17.0 Å². The van der Waals surface area contributed by atoms with Gasteiger partial charge in [0.25, 0.3) is 0 Å². The Labute approximate surface area is 151 Å². The van der Waals surface area contributed by atoms with E-state index in [4.69, 9.17) is 4.52 Å². The lowest BCUT2D eigenvalue weighted by Crippen LogP contribution is -2.48. The molecule has 2 aromatic rings. The minimum absolute atomic E-state index is 0.105. The molecule has 0 bridgehead atoms. The van der Waals surface area contributed by atoms with Crippen molar-refractivity contribution in [1.82, 2.24) is 14.4 Å². The van der Waals surface area contributed by atoms with Crippen LogP contribution in [0.2, 0.25) is 0 Å². The number of sulfonamides is 1. The van der Waals surface area contributed by atoms with E-state index in [1.165, 1.54) is 4.31 Å². The highest BCUT2D eigenvalue weighted by molar-refractivity contribution is 7.89. The smallest absolute Gasteiger partial charge is 0.243 e. The molecule has 2 aliphatic rings. The second-order valence-corrected chi connectivity index (χ2v) is 8.59. The van der Waals surface area contributed by atoms with Crippen LogP contribution in [0.3, 0.4) is 0 Å². The van der Waals surface area contributed by atoms with E-state index < -0.39 is 10.0 Å². The second-order valence-electron chi connectivity index (χ2n) is 6.65. The van der Waals surface area contributed by atoms with Gasteiger partial charge in [-0.3, -0.25) is 9.69 Å². The number of anilines is 1. The molecule has 0 unspecified atom stereocenters.